The van der Waals surface area contributed by atoms with E-state index in [0.29, 0.717) is 10.6 Å². The third kappa shape index (κ3) is 4.86. The Labute approximate surface area is 172 Å². The molecule has 0 saturated carbocycles. The molecular weight excluding hydrogens is 423 g/mol. The Morgan fingerprint density at radius 3 is 2.32 bits per heavy atom. The molecule has 0 atom stereocenters. The van der Waals surface area contributed by atoms with Crippen LogP contribution in [0.2, 0.25) is 10.0 Å². The molecule has 0 amide bonds. The Kier molecular flexibility index (Phi) is 5.98. The lowest BCUT2D eigenvalue weighted by molar-refractivity contribution is 0.0727. The number of carbonyl (C=O) groups is 1. The minimum Gasteiger partial charge on any atom is -0.422 e. The van der Waals surface area contributed by atoms with Gasteiger partial charge in [-0.3, -0.25) is 0 Å². The Morgan fingerprint density at radius 2 is 1.68 bits per heavy atom. The fraction of sp³-hybridized carbons (Fsp3) is 0.105. The van der Waals surface area contributed by atoms with E-state index in [0.717, 1.165) is 11.8 Å². The first-order valence-electron chi connectivity index (χ1n) is 8.03. The van der Waals surface area contributed by atoms with Crippen LogP contribution >= 0.6 is 23.2 Å². The van der Waals surface area contributed by atoms with E-state index >= 15 is 0 Å². The van der Waals surface area contributed by atoms with Gasteiger partial charge in [0, 0.05) is 5.02 Å². The summed E-state index contributed by atoms with van der Waals surface area (Å²) in [5.41, 5.74) is 1.18. The number of hydrogen-bond donors (Lipinski definition) is 0. The summed E-state index contributed by atoms with van der Waals surface area (Å²) < 4.78 is 30.4. The largest absolute Gasteiger partial charge is 0.422 e. The van der Waals surface area contributed by atoms with E-state index in [1.807, 2.05) is 6.92 Å². The van der Waals surface area contributed by atoms with Gasteiger partial charge in [0.15, 0.2) is 5.69 Å². The van der Waals surface area contributed by atoms with Gasteiger partial charge in [-0.25, -0.2) is 23.2 Å². The number of rotatable bonds is 5. The third-order valence-corrected chi connectivity index (χ3v) is 5.69. The molecule has 28 heavy (non-hydrogen) atoms. The first kappa shape index (κ1) is 20.3. The summed E-state index contributed by atoms with van der Waals surface area (Å²) >= 11 is 11.8. The monoisotopic (exact) mass is 436 g/mol. The van der Waals surface area contributed by atoms with Gasteiger partial charge in [0.2, 0.25) is 15.0 Å². The number of esters is 1. The van der Waals surface area contributed by atoms with Crippen LogP contribution in [0.3, 0.4) is 0 Å². The van der Waals surface area contributed by atoms with Crippen LogP contribution in [-0.2, 0) is 15.6 Å². The lowest BCUT2D eigenvalue weighted by atomic mass is 10.2. The second-order valence-corrected chi connectivity index (χ2v) is 8.66. The Morgan fingerprint density at radius 1 is 1.04 bits per heavy atom. The van der Waals surface area contributed by atoms with Gasteiger partial charge in [0.05, 0.1) is 17.0 Å². The van der Waals surface area contributed by atoms with Crippen molar-refractivity contribution in [2.75, 3.05) is 0 Å². The van der Waals surface area contributed by atoms with Gasteiger partial charge in [0.1, 0.15) is 5.75 Å². The van der Waals surface area contributed by atoms with Gasteiger partial charge in [-0.2, -0.15) is 0 Å². The van der Waals surface area contributed by atoms with Gasteiger partial charge < -0.3 is 4.74 Å². The Balaban J connectivity index is 1.86. The lowest BCUT2D eigenvalue weighted by Gasteiger charge is -2.08. The van der Waals surface area contributed by atoms with Crippen molar-refractivity contribution in [3.05, 3.63) is 81.6 Å². The molecule has 0 radical (unpaired) electrons. The number of ether oxygens (including phenoxy) is 1. The predicted octanol–water partition coefficient (Wildman–Crippen LogP) is 4.28. The standard InChI is InChI=1S/C19H14Cl2N2O4S/c1-12-2-8-15(9-3-12)27-18(24)17-16(21)10-22-19(23-17)28(25,26)11-13-4-6-14(20)7-5-13/h2-10H,11H2,1H3. The fourth-order valence-corrected chi connectivity index (χ4v) is 3.77. The first-order chi connectivity index (χ1) is 13.2. The van der Waals surface area contributed by atoms with E-state index in [-0.39, 0.29) is 22.2 Å². The molecular formula is C19H14Cl2N2O4S. The van der Waals surface area contributed by atoms with E-state index in [2.05, 4.69) is 9.97 Å². The topological polar surface area (TPSA) is 86.2 Å². The second-order valence-electron chi connectivity index (χ2n) is 5.94. The van der Waals surface area contributed by atoms with Crippen molar-refractivity contribution < 1.29 is 17.9 Å². The smallest absolute Gasteiger partial charge is 0.364 e. The SMILES string of the molecule is Cc1ccc(OC(=O)c2nc(S(=O)(=O)Cc3ccc(Cl)cc3)ncc2Cl)cc1. The molecule has 6 nitrogen and oxygen atoms in total. The van der Waals surface area contributed by atoms with E-state index in [1.165, 1.54) is 0 Å². The van der Waals surface area contributed by atoms with Gasteiger partial charge in [-0.1, -0.05) is 53.0 Å². The van der Waals surface area contributed by atoms with Crippen molar-refractivity contribution in [2.45, 2.75) is 17.8 Å². The van der Waals surface area contributed by atoms with Crippen molar-refractivity contribution in [1.82, 2.24) is 9.97 Å². The average molecular weight is 437 g/mol. The number of aromatic nitrogens is 2. The summed E-state index contributed by atoms with van der Waals surface area (Å²) in [5.74, 6) is -0.937. The first-order valence-corrected chi connectivity index (χ1v) is 10.4. The molecule has 3 aromatic rings. The highest BCUT2D eigenvalue weighted by molar-refractivity contribution is 7.90. The number of aryl methyl sites for hydroxylation is 1. The molecule has 9 heteroatoms. The molecule has 0 fully saturated rings. The van der Waals surface area contributed by atoms with Crippen LogP contribution in [-0.4, -0.2) is 24.4 Å². The van der Waals surface area contributed by atoms with Crippen LogP contribution in [0.1, 0.15) is 21.6 Å². The van der Waals surface area contributed by atoms with Crippen LogP contribution in [0.4, 0.5) is 0 Å². The van der Waals surface area contributed by atoms with Crippen molar-refractivity contribution in [3.63, 3.8) is 0 Å². The summed E-state index contributed by atoms with van der Waals surface area (Å²) in [5, 5.41) is -0.129. The zero-order valence-corrected chi connectivity index (χ0v) is 16.9. The van der Waals surface area contributed by atoms with E-state index in [1.54, 1.807) is 48.5 Å². The molecule has 0 aliphatic rings. The van der Waals surface area contributed by atoms with Gasteiger partial charge in [0.25, 0.3) is 0 Å². The second kappa shape index (κ2) is 8.26. The highest BCUT2D eigenvalue weighted by Crippen LogP contribution is 2.21. The Hall–Kier alpha value is -2.48. The molecule has 3 rings (SSSR count). The molecule has 0 aliphatic heterocycles. The maximum atomic E-state index is 12.6. The number of carbonyl (C=O) groups excluding carboxylic acids is 1. The summed E-state index contributed by atoms with van der Waals surface area (Å²) in [6.07, 6.45) is 1.06. The van der Waals surface area contributed by atoms with Gasteiger partial charge in [-0.05, 0) is 36.8 Å². The molecule has 0 unspecified atom stereocenters. The molecule has 0 spiro atoms. The highest BCUT2D eigenvalue weighted by Gasteiger charge is 2.24. The molecule has 0 bridgehead atoms. The minimum atomic E-state index is -3.91. The van der Waals surface area contributed by atoms with E-state index < -0.39 is 21.0 Å². The van der Waals surface area contributed by atoms with Crippen LogP contribution in [0.15, 0.2) is 59.9 Å². The van der Waals surface area contributed by atoms with Gasteiger partial charge >= 0.3 is 5.97 Å². The van der Waals surface area contributed by atoms with Crippen LogP contribution in [0, 0.1) is 6.92 Å². The summed E-state index contributed by atoms with van der Waals surface area (Å²) in [6, 6.07) is 13.1. The third-order valence-electron chi connectivity index (χ3n) is 3.69. The fourth-order valence-electron chi connectivity index (χ4n) is 2.27. The molecule has 0 N–H and O–H groups in total. The zero-order valence-electron chi connectivity index (χ0n) is 14.6. The molecule has 144 valence electrons. The van der Waals surface area contributed by atoms with Crippen LogP contribution < -0.4 is 4.74 Å². The maximum Gasteiger partial charge on any atom is 0.364 e. The van der Waals surface area contributed by atoms with Crippen molar-refractivity contribution in [1.29, 1.82) is 0 Å². The summed E-state index contributed by atoms with van der Waals surface area (Å²) in [4.78, 5) is 20.0. The quantitative estimate of drug-likeness (QED) is 0.336. The van der Waals surface area contributed by atoms with Crippen molar-refractivity contribution >= 4 is 39.0 Å². The number of sulfone groups is 1. The highest BCUT2D eigenvalue weighted by atomic mass is 35.5. The van der Waals surface area contributed by atoms with Crippen LogP contribution in [0.5, 0.6) is 5.75 Å². The maximum absolute atomic E-state index is 12.6. The number of nitrogens with zero attached hydrogens (tertiary/aromatic N) is 2. The Bertz CT molecular complexity index is 1120. The molecule has 1 aromatic heterocycles. The number of hydrogen-bond acceptors (Lipinski definition) is 6. The van der Waals surface area contributed by atoms with Gasteiger partial charge in [-0.15, -0.1) is 0 Å². The van der Waals surface area contributed by atoms with Crippen LogP contribution in [0.25, 0.3) is 0 Å². The normalized spacial score (nSPS) is 11.2. The lowest BCUT2D eigenvalue weighted by Crippen LogP contribution is -2.16. The number of benzene rings is 2. The minimum absolute atomic E-state index is 0.109. The van der Waals surface area contributed by atoms with E-state index in [9.17, 15) is 13.2 Å². The average Bonchev–Trinajstić information content (AvgIpc) is 2.65. The molecule has 0 aliphatic carbocycles. The molecule has 1 heterocycles. The molecule has 0 saturated heterocycles. The molecule has 2 aromatic carbocycles. The number of halogens is 2. The van der Waals surface area contributed by atoms with Crippen molar-refractivity contribution in [2.24, 2.45) is 0 Å². The summed E-state index contributed by atoms with van der Waals surface area (Å²) in [6.45, 7) is 1.89. The predicted molar refractivity (Wildman–Crippen MR) is 106 cm³/mol. The summed E-state index contributed by atoms with van der Waals surface area (Å²) in [7, 11) is -3.91. The van der Waals surface area contributed by atoms with E-state index in [4.69, 9.17) is 27.9 Å². The van der Waals surface area contributed by atoms with Crippen molar-refractivity contribution in [3.8, 4) is 5.75 Å². The zero-order chi connectivity index (χ0) is 20.3.